The first kappa shape index (κ1) is 14.9. The van der Waals surface area contributed by atoms with Gasteiger partial charge in [-0.15, -0.1) is 0 Å². The number of nitro benzene ring substituents is 1. The summed E-state index contributed by atoms with van der Waals surface area (Å²) in [6, 6.07) is 6.60. The van der Waals surface area contributed by atoms with E-state index in [2.05, 4.69) is 4.37 Å². The fraction of sp³-hybridized carbons (Fsp3) is 0.0909. The number of alkyl halides is 3. The lowest BCUT2D eigenvalue weighted by atomic mass is 10.1. The minimum Gasteiger partial charge on any atom is -0.309 e. The Morgan fingerprint density at radius 1 is 1.29 bits per heavy atom. The number of nitro groups is 1. The highest BCUT2D eigenvalue weighted by Gasteiger charge is 2.39. The average molecular weight is 317 g/mol. The van der Waals surface area contributed by atoms with E-state index in [1.54, 1.807) is 5.32 Å². The van der Waals surface area contributed by atoms with Gasteiger partial charge in [0.1, 0.15) is 5.00 Å². The van der Waals surface area contributed by atoms with Crippen molar-refractivity contribution in [1.29, 1.82) is 0 Å². The smallest absolute Gasteiger partial charge is 0.309 e. The van der Waals surface area contributed by atoms with Gasteiger partial charge in [0.2, 0.25) is 0 Å². The van der Waals surface area contributed by atoms with Gasteiger partial charge < -0.3 is 5.32 Å². The lowest BCUT2D eigenvalue weighted by Gasteiger charge is -2.04. The quantitative estimate of drug-likeness (QED) is 0.695. The van der Waals surface area contributed by atoms with E-state index in [9.17, 15) is 28.1 Å². The summed E-state index contributed by atoms with van der Waals surface area (Å²) in [5, 5.41) is 12.1. The van der Waals surface area contributed by atoms with E-state index in [1.165, 1.54) is 30.3 Å². The Morgan fingerprint density at radius 2 is 1.90 bits per heavy atom. The number of carbonyl (C=O) groups excluding carboxylic acids is 1. The van der Waals surface area contributed by atoms with E-state index < -0.39 is 17.0 Å². The number of hydrogen-bond donors (Lipinski definition) is 1. The topological polar surface area (TPSA) is 85.1 Å². The number of halogens is 3. The molecule has 2 aromatic rings. The van der Waals surface area contributed by atoms with Crippen LogP contribution >= 0.6 is 11.5 Å². The van der Waals surface area contributed by atoms with Crippen LogP contribution in [0.4, 0.5) is 23.9 Å². The lowest BCUT2D eigenvalue weighted by molar-refractivity contribution is -0.384. The van der Waals surface area contributed by atoms with Crippen molar-refractivity contribution in [2.75, 3.05) is 5.32 Å². The highest BCUT2D eigenvalue weighted by molar-refractivity contribution is 7.10. The summed E-state index contributed by atoms with van der Waals surface area (Å²) in [4.78, 5) is 20.7. The van der Waals surface area contributed by atoms with Gasteiger partial charge in [0.05, 0.1) is 10.6 Å². The maximum absolute atomic E-state index is 12.1. The van der Waals surface area contributed by atoms with Gasteiger partial charge in [-0.05, 0) is 23.7 Å². The molecular weight excluding hydrogens is 311 g/mol. The molecule has 0 atom stereocenters. The first-order valence-corrected chi connectivity index (χ1v) is 6.14. The minimum atomic E-state index is -4.97. The molecule has 0 saturated heterocycles. The van der Waals surface area contributed by atoms with Gasteiger partial charge in [-0.3, -0.25) is 14.9 Å². The molecule has 0 spiro atoms. The summed E-state index contributed by atoms with van der Waals surface area (Å²) < 4.78 is 40.2. The number of aromatic nitrogens is 1. The Morgan fingerprint density at radius 3 is 2.43 bits per heavy atom. The van der Waals surface area contributed by atoms with Crippen LogP contribution in [0.2, 0.25) is 0 Å². The maximum Gasteiger partial charge on any atom is 0.471 e. The van der Waals surface area contributed by atoms with E-state index in [1.807, 2.05) is 0 Å². The maximum atomic E-state index is 12.1. The molecule has 10 heteroatoms. The van der Waals surface area contributed by atoms with Gasteiger partial charge in [-0.2, -0.15) is 17.5 Å². The summed E-state index contributed by atoms with van der Waals surface area (Å²) in [5.41, 5.74) is 0.691. The first-order chi connectivity index (χ1) is 9.77. The van der Waals surface area contributed by atoms with Crippen LogP contribution < -0.4 is 5.32 Å². The van der Waals surface area contributed by atoms with Crippen LogP contribution in [-0.2, 0) is 4.79 Å². The van der Waals surface area contributed by atoms with Crippen LogP contribution in [0.25, 0.3) is 11.3 Å². The Kier molecular flexibility index (Phi) is 3.89. The molecule has 0 unspecified atom stereocenters. The molecule has 1 aromatic heterocycles. The average Bonchev–Trinajstić information content (AvgIpc) is 2.86. The van der Waals surface area contributed by atoms with Gasteiger partial charge >= 0.3 is 12.1 Å². The summed E-state index contributed by atoms with van der Waals surface area (Å²) >= 11 is 0.684. The van der Waals surface area contributed by atoms with Crippen molar-refractivity contribution in [1.82, 2.24) is 4.37 Å². The van der Waals surface area contributed by atoms with Gasteiger partial charge in [0.25, 0.3) is 5.69 Å². The highest BCUT2D eigenvalue weighted by Crippen LogP contribution is 2.28. The van der Waals surface area contributed by atoms with Crippen LogP contribution in [0.15, 0.2) is 30.3 Å². The Labute approximate surface area is 119 Å². The second-order valence-electron chi connectivity index (χ2n) is 3.83. The standard InChI is InChI=1S/C11H6F3N3O3S/c12-11(13,14)10(18)15-9-5-8(16-21-9)6-1-3-7(4-2-6)17(19)20/h1-5H,(H,15,18). The Bertz CT molecular complexity index is 682. The Hall–Kier alpha value is -2.49. The number of amides is 1. The number of nitrogens with one attached hydrogen (secondary N) is 1. The molecule has 0 aliphatic heterocycles. The van der Waals surface area contributed by atoms with Crippen molar-refractivity contribution >= 4 is 28.1 Å². The molecule has 1 N–H and O–H groups in total. The predicted octanol–water partition coefficient (Wildman–Crippen LogP) is 3.22. The van der Waals surface area contributed by atoms with Gasteiger partial charge in [0.15, 0.2) is 0 Å². The fourth-order valence-corrected chi connectivity index (χ4v) is 2.06. The molecule has 0 aliphatic rings. The number of hydrogen-bond acceptors (Lipinski definition) is 5. The molecule has 2 rings (SSSR count). The molecule has 1 heterocycles. The second-order valence-corrected chi connectivity index (χ2v) is 4.64. The molecule has 6 nitrogen and oxygen atoms in total. The molecule has 0 saturated carbocycles. The van der Waals surface area contributed by atoms with Crippen LogP contribution in [0.3, 0.4) is 0 Å². The molecule has 110 valence electrons. The Balaban J connectivity index is 2.16. The van der Waals surface area contributed by atoms with Gasteiger partial charge in [-0.25, -0.2) is 0 Å². The largest absolute Gasteiger partial charge is 0.471 e. The van der Waals surface area contributed by atoms with Crippen LogP contribution in [-0.4, -0.2) is 21.4 Å². The zero-order valence-corrected chi connectivity index (χ0v) is 10.9. The van der Waals surface area contributed by atoms with E-state index in [0.29, 0.717) is 22.8 Å². The highest BCUT2D eigenvalue weighted by atomic mass is 32.1. The number of non-ortho nitro benzene ring substituents is 1. The number of anilines is 1. The normalized spacial score (nSPS) is 11.2. The summed E-state index contributed by atoms with van der Waals surface area (Å²) in [7, 11) is 0. The molecule has 21 heavy (non-hydrogen) atoms. The molecule has 1 aromatic carbocycles. The lowest BCUT2D eigenvalue weighted by Crippen LogP contribution is -2.29. The van der Waals surface area contributed by atoms with E-state index in [-0.39, 0.29) is 10.7 Å². The summed E-state index contributed by atoms with van der Waals surface area (Å²) in [6.07, 6.45) is -4.97. The van der Waals surface area contributed by atoms with Gasteiger partial charge in [0, 0.05) is 23.8 Å². The van der Waals surface area contributed by atoms with Crippen molar-refractivity contribution in [3.8, 4) is 11.3 Å². The molecular formula is C11H6F3N3O3S. The van der Waals surface area contributed by atoms with Crippen LogP contribution in [0.1, 0.15) is 0 Å². The number of nitrogens with zero attached hydrogens (tertiary/aromatic N) is 2. The first-order valence-electron chi connectivity index (χ1n) is 5.37. The predicted molar refractivity (Wildman–Crippen MR) is 68.9 cm³/mol. The van der Waals surface area contributed by atoms with Crippen molar-refractivity contribution in [3.05, 3.63) is 40.4 Å². The van der Waals surface area contributed by atoms with E-state index in [4.69, 9.17) is 0 Å². The second kappa shape index (κ2) is 5.48. The number of benzene rings is 1. The molecule has 0 aliphatic carbocycles. The molecule has 0 radical (unpaired) electrons. The number of carbonyl (C=O) groups is 1. The SMILES string of the molecule is O=C(Nc1cc(-c2ccc([N+](=O)[O-])cc2)ns1)C(F)(F)F. The minimum absolute atomic E-state index is 0.0642. The third kappa shape index (κ3) is 3.54. The van der Waals surface area contributed by atoms with E-state index >= 15 is 0 Å². The third-order valence-electron chi connectivity index (χ3n) is 2.38. The van der Waals surface area contributed by atoms with Crippen molar-refractivity contribution < 1.29 is 22.9 Å². The van der Waals surface area contributed by atoms with E-state index in [0.717, 1.165) is 0 Å². The molecule has 0 bridgehead atoms. The van der Waals surface area contributed by atoms with Crippen LogP contribution in [0, 0.1) is 10.1 Å². The van der Waals surface area contributed by atoms with Crippen molar-refractivity contribution in [3.63, 3.8) is 0 Å². The monoisotopic (exact) mass is 317 g/mol. The molecule has 0 fully saturated rings. The number of rotatable bonds is 3. The van der Waals surface area contributed by atoms with Gasteiger partial charge in [-0.1, -0.05) is 0 Å². The summed E-state index contributed by atoms with van der Waals surface area (Å²) in [6.45, 7) is 0. The summed E-state index contributed by atoms with van der Waals surface area (Å²) in [5.74, 6) is -2.08. The van der Waals surface area contributed by atoms with Crippen LogP contribution in [0.5, 0.6) is 0 Å². The van der Waals surface area contributed by atoms with Crippen molar-refractivity contribution in [2.24, 2.45) is 0 Å². The fourth-order valence-electron chi connectivity index (χ4n) is 1.41. The molecule has 1 amide bonds. The van der Waals surface area contributed by atoms with Crippen molar-refractivity contribution in [2.45, 2.75) is 6.18 Å². The zero-order valence-electron chi connectivity index (χ0n) is 10.0. The zero-order chi connectivity index (χ0) is 15.6. The third-order valence-corrected chi connectivity index (χ3v) is 3.08.